The number of likely N-dealkylation sites (N-methyl/N-ethyl adjacent to an activating group) is 2. The highest BCUT2D eigenvalue weighted by Gasteiger charge is 2.32. The van der Waals surface area contributed by atoms with Crippen LogP contribution in [0.15, 0.2) is 23.9 Å². The van der Waals surface area contributed by atoms with Crippen molar-refractivity contribution in [1.29, 1.82) is 0 Å². The van der Waals surface area contributed by atoms with Crippen LogP contribution >= 0.6 is 12.2 Å². The first-order valence-corrected chi connectivity index (χ1v) is 6.59. The summed E-state index contributed by atoms with van der Waals surface area (Å²) in [6, 6.07) is 4.94. The Hall–Kier alpha value is -2.08. The molecular weight excluding hydrogens is 276 g/mol. The molecule has 2 rings (SSSR count). The van der Waals surface area contributed by atoms with Gasteiger partial charge in [-0.3, -0.25) is 9.69 Å². The van der Waals surface area contributed by atoms with E-state index in [1.165, 1.54) is 4.90 Å². The van der Waals surface area contributed by atoms with Gasteiger partial charge < -0.3 is 14.7 Å². The van der Waals surface area contributed by atoms with Crippen LogP contribution in [0.1, 0.15) is 12.5 Å². The molecular formula is C14H16N2O3S. The smallest absolute Gasteiger partial charge is 0.276 e. The second-order valence-corrected chi connectivity index (χ2v) is 4.76. The molecule has 0 saturated carbocycles. The van der Waals surface area contributed by atoms with Gasteiger partial charge in [0.15, 0.2) is 16.6 Å². The summed E-state index contributed by atoms with van der Waals surface area (Å²) in [7, 11) is 3.39. The van der Waals surface area contributed by atoms with Crippen molar-refractivity contribution in [2.24, 2.45) is 0 Å². The van der Waals surface area contributed by atoms with E-state index in [0.29, 0.717) is 23.2 Å². The second kappa shape index (κ2) is 5.50. The largest absolute Gasteiger partial charge is 0.504 e. The average molecular weight is 292 g/mol. The molecule has 0 atom stereocenters. The van der Waals surface area contributed by atoms with E-state index in [0.717, 1.165) is 5.56 Å². The van der Waals surface area contributed by atoms with Gasteiger partial charge in [0.05, 0.1) is 6.61 Å². The van der Waals surface area contributed by atoms with Crippen molar-refractivity contribution < 1.29 is 14.6 Å². The van der Waals surface area contributed by atoms with Gasteiger partial charge in [-0.15, -0.1) is 0 Å². The molecule has 0 spiro atoms. The van der Waals surface area contributed by atoms with Crippen LogP contribution in [0.5, 0.6) is 11.5 Å². The fourth-order valence-corrected chi connectivity index (χ4v) is 2.12. The molecule has 0 aliphatic carbocycles. The molecule has 0 bridgehead atoms. The fourth-order valence-electron chi connectivity index (χ4n) is 1.94. The van der Waals surface area contributed by atoms with E-state index in [1.54, 1.807) is 43.3 Å². The van der Waals surface area contributed by atoms with Crippen molar-refractivity contribution >= 4 is 29.3 Å². The molecule has 106 valence electrons. The Labute approximate surface area is 123 Å². The first kappa shape index (κ1) is 14.3. The lowest BCUT2D eigenvalue weighted by atomic mass is 10.1. The normalized spacial score (nSPS) is 17.2. The summed E-state index contributed by atoms with van der Waals surface area (Å²) < 4.78 is 5.32. The number of carbonyl (C=O) groups excluding carboxylic acids is 1. The number of rotatable bonds is 3. The van der Waals surface area contributed by atoms with Crippen LogP contribution in [-0.4, -0.2) is 46.6 Å². The number of carbonyl (C=O) groups is 1. The Morgan fingerprint density at radius 3 is 2.60 bits per heavy atom. The molecule has 1 aliphatic heterocycles. The molecule has 1 aromatic rings. The lowest BCUT2D eigenvalue weighted by molar-refractivity contribution is -0.121. The van der Waals surface area contributed by atoms with E-state index >= 15 is 0 Å². The number of hydrogen-bond acceptors (Lipinski definition) is 4. The summed E-state index contributed by atoms with van der Waals surface area (Å²) in [5, 5.41) is 10.1. The topological polar surface area (TPSA) is 53.0 Å². The quantitative estimate of drug-likeness (QED) is 0.680. The number of aromatic hydroxyl groups is 1. The number of phenolic OH excluding ortho intramolecular Hbond substituents is 1. The van der Waals surface area contributed by atoms with E-state index in [4.69, 9.17) is 17.0 Å². The first-order valence-electron chi connectivity index (χ1n) is 6.19. The monoisotopic (exact) mass is 292 g/mol. The number of phenols is 1. The first-order chi connectivity index (χ1) is 9.45. The highest BCUT2D eigenvalue weighted by molar-refractivity contribution is 7.80. The van der Waals surface area contributed by atoms with Crippen molar-refractivity contribution in [1.82, 2.24) is 9.80 Å². The van der Waals surface area contributed by atoms with Crippen LogP contribution in [0.25, 0.3) is 6.08 Å². The van der Waals surface area contributed by atoms with Crippen LogP contribution in [-0.2, 0) is 4.79 Å². The van der Waals surface area contributed by atoms with Crippen LogP contribution in [0, 0.1) is 0 Å². The van der Waals surface area contributed by atoms with Crippen molar-refractivity contribution in [3.8, 4) is 11.5 Å². The molecule has 5 nitrogen and oxygen atoms in total. The third-order valence-electron chi connectivity index (χ3n) is 3.05. The van der Waals surface area contributed by atoms with Gasteiger partial charge in [0.2, 0.25) is 0 Å². The Morgan fingerprint density at radius 2 is 2.05 bits per heavy atom. The molecule has 1 aliphatic rings. The molecule has 0 aromatic heterocycles. The summed E-state index contributed by atoms with van der Waals surface area (Å²) in [5.41, 5.74) is 1.25. The summed E-state index contributed by atoms with van der Waals surface area (Å²) >= 11 is 5.15. The Kier molecular flexibility index (Phi) is 3.94. The molecule has 1 fully saturated rings. The van der Waals surface area contributed by atoms with Gasteiger partial charge in [0.1, 0.15) is 5.70 Å². The van der Waals surface area contributed by atoms with Gasteiger partial charge >= 0.3 is 0 Å². The van der Waals surface area contributed by atoms with Crippen LogP contribution in [0.2, 0.25) is 0 Å². The standard InChI is InChI=1S/C14H16N2O3S/c1-4-19-12-8-9(5-6-11(12)17)7-10-13(18)16(3)14(20)15(10)2/h5-8,17H,4H2,1-3H3/b10-7-. The molecule has 1 aromatic carbocycles. The maximum Gasteiger partial charge on any atom is 0.276 e. The van der Waals surface area contributed by atoms with Crippen molar-refractivity contribution in [2.75, 3.05) is 20.7 Å². The minimum Gasteiger partial charge on any atom is -0.504 e. The SMILES string of the molecule is CCOc1cc(/C=C2/C(=O)N(C)C(=S)N2C)ccc1O. The fraction of sp³-hybridized carbons (Fsp3) is 0.286. The predicted octanol–water partition coefficient (Wildman–Crippen LogP) is 1.82. The van der Waals surface area contributed by atoms with Crippen molar-refractivity contribution in [2.45, 2.75) is 6.92 Å². The number of thiocarbonyl (C=S) groups is 1. The lowest BCUT2D eigenvalue weighted by Crippen LogP contribution is -2.26. The molecule has 20 heavy (non-hydrogen) atoms. The highest BCUT2D eigenvalue weighted by Crippen LogP contribution is 2.29. The molecule has 1 N–H and O–H groups in total. The summed E-state index contributed by atoms with van der Waals surface area (Å²) in [6.45, 7) is 2.30. The predicted molar refractivity (Wildman–Crippen MR) is 80.4 cm³/mol. The van der Waals surface area contributed by atoms with Gasteiger partial charge in [-0.1, -0.05) is 6.07 Å². The van der Waals surface area contributed by atoms with E-state index in [9.17, 15) is 9.90 Å². The number of benzene rings is 1. The molecule has 1 heterocycles. The van der Waals surface area contributed by atoms with E-state index < -0.39 is 0 Å². The highest BCUT2D eigenvalue weighted by atomic mass is 32.1. The van der Waals surface area contributed by atoms with Crippen LogP contribution in [0.3, 0.4) is 0 Å². The maximum absolute atomic E-state index is 12.1. The van der Waals surface area contributed by atoms with Crippen LogP contribution in [0.4, 0.5) is 0 Å². The summed E-state index contributed by atoms with van der Waals surface area (Å²) in [5.74, 6) is 0.321. The van der Waals surface area contributed by atoms with Gasteiger partial charge in [-0.05, 0) is 42.9 Å². The minimum atomic E-state index is -0.150. The lowest BCUT2D eigenvalue weighted by Gasteiger charge is -2.11. The summed E-state index contributed by atoms with van der Waals surface area (Å²) in [6.07, 6.45) is 1.72. The Bertz CT molecular complexity index is 598. The number of nitrogens with zero attached hydrogens (tertiary/aromatic N) is 2. The molecule has 1 saturated heterocycles. The maximum atomic E-state index is 12.1. The van der Waals surface area contributed by atoms with Crippen molar-refractivity contribution in [3.05, 3.63) is 29.5 Å². The molecule has 6 heteroatoms. The van der Waals surface area contributed by atoms with Gasteiger partial charge in [0.25, 0.3) is 5.91 Å². The van der Waals surface area contributed by atoms with Crippen LogP contribution < -0.4 is 4.74 Å². The average Bonchev–Trinajstić information content (AvgIpc) is 2.60. The Morgan fingerprint density at radius 1 is 1.35 bits per heavy atom. The third kappa shape index (κ3) is 2.46. The molecule has 0 unspecified atom stereocenters. The number of hydrogen-bond donors (Lipinski definition) is 1. The zero-order chi connectivity index (χ0) is 14.9. The van der Waals surface area contributed by atoms with E-state index in [1.807, 2.05) is 6.92 Å². The van der Waals surface area contributed by atoms with Crippen molar-refractivity contribution in [3.63, 3.8) is 0 Å². The number of amides is 1. The summed E-state index contributed by atoms with van der Waals surface area (Å²) in [4.78, 5) is 15.1. The van der Waals surface area contributed by atoms with Gasteiger partial charge in [-0.2, -0.15) is 0 Å². The second-order valence-electron chi connectivity index (χ2n) is 4.40. The third-order valence-corrected chi connectivity index (χ3v) is 3.59. The van der Waals surface area contributed by atoms with Gasteiger partial charge in [0, 0.05) is 14.1 Å². The van der Waals surface area contributed by atoms with E-state index in [2.05, 4.69) is 0 Å². The number of ether oxygens (including phenoxy) is 1. The molecule has 1 amide bonds. The zero-order valence-corrected chi connectivity index (χ0v) is 12.4. The molecule has 0 radical (unpaired) electrons. The zero-order valence-electron chi connectivity index (χ0n) is 11.6. The van der Waals surface area contributed by atoms with E-state index in [-0.39, 0.29) is 11.7 Å². The Balaban J connectivity index is 2.38. The van der Waals surface area contributed by atoms with Gasteiger partial charge in [-0.25, -0.2) is 0 Å². The minimum absolute atomic E-state index is 0.0766.